The summed E-state index contributed by atoms with van der Waals surface area (Å²) in [6.45, 7) is 6.61. The summed E-state index contributed by atoms with van der Waals surface area (Å²) in [7, 11) is 0. The van der Waals surface area contributed by atoms with Crippen LogP contribution < -0.4 is 10.6 Å². The molecule has 0 radical (unpaired) electrons. The molecular formula is C30H36N4O3. The first-order chi connectivity index (χ1) is 17.9. The number of para-hydroxylation sites is 1. The van der Waals surface area contributed by atoms with Crippen LogP contribution in [0.5, 0.6) is 0 Å². The highest BCUT2D eigenvalue weighted by Crippen LogP contribution is 2.46. The van der Waals surface area contributed by atoms with Crippen molar-refractivity contribution in [2.45, 2.75) is 71.0 Å². The fraction of sp³-hybridized carbons (Fsp3) is 0.433. The van der Waals surface area contributed by atoms with Crippen LogP contribution >= 0.6 is 0 Å². The highest BCUT2D eigenvalue weighted by atomic mass is 16.2. The molecule has 5 rings (SSSR count). The molecule has 7 heteroatoms. The van der Waals surface area contributed by atoms with Gasteiger partial charge in [-0.1, -0.05) is 76.4 Å². The molecule has 37 heavy (non-hydrogen) atoms. The number of fused-ring (bicyclic) bond motifs is 7. The van der Waals surface area contributed by atoms with E-state index in [1.165, 1.54) is 0 Å². The Balaban J connectivity index is 1.44. The number of hydrogen-bond donors (Lipinski definition) is 3. The molecule has 0 saturated heterocycles. The molecule has 7 nitrogen and oxygen atoms in total. The summed E-state index contributed by atoms with van der Waals surface area (Å²) in [6.07, 6.45) is 4.67. The van der Waals surface area contributed by atoms with Crippen LogP contribution in [0.3, 0.4) is 0 Å². The van der Waals surface area contributed by atoms with Crippen LogP contribution in [0.15, 0.2) is 48.5 Å². The zero-order valence-electron chi connectivity index (χ0n) is 21.8. The van der Waals surface area contributed by atoms with Gasteiger partial charge in [0.25, 0.3) is 5.91 Å². The highest BCUT2D eigenvalue weighted by molar-refractivity contribution is 6.04. The number of H-pyrrole nitrogens is 1. The van der Waals surface area contributed by atoms with Crippen LogP contribution in [0, 0.1) is 5.92 Å². The Hall–Kier alpha value is -3.61. The number of nitrogens with zero attached hydrogens (tertiary/aromatic N) is 1. The van der Waals surface area contributed by atoms with E-state index in [1.807, 2.05) is 56.3 Å². The molecule has 0 fully saturated rings. The van der Waals surface area contributed by atoms with Crippen molar-refractivity contribution in [2.75, 3.05) is 6.54 Å². The van der Waals surface area contributed by atoms with Crippen LogP contribution in [0.25, 0.3) is 10.9 Å². The Morgan fingerprint density at radius 3 is 2.59 bits per heavy atom. The van der Waals surface area contributed by atoms with Crippen LogP contribution in [0.1, 0.15) is 79.7 Å². The van der Waals surface area contributed by atoms with Crippen molar-refractivity contribution in [3.8, 4) is 0 Å². The Bertz CT molecular complexity index is 1330. The van der Waals surface area contributed by atoms with Crippen LogP contribution in [0.4, 0.5) is 0 Å². The Morgan fingerprint density at radius 1 is 1.05 bits per heavy atom. The minimum atomic E-state index is -0.713. The Kier molecular flexibility index (Phi) is 7.04. The van der Waals surface area contributed by atoms with Gasteiger partial charge in [-0.3, -0.25) is 14.4 Å². The summed E-state index contributed by atoms with van der Waals surface area (Å²) in [5.74, 6) is -0.696. The van der Waals surface area contributed by atoms with Gasteiger partial charge in [-0.25, -0.2) is 0 Å². The van der Waals surface area contributed by atoms with Gasteiger partial charge in [0, 0.05) is 35.1 Å². The lowest BCUT2D eigenvalue weighted by Gasteiger charge is -2.38. The number of aromatic nitrogens is 1. The van der Waals surface area contributed by atoms with Crippen molar-refractivity contribution in [1.82, 2.24) is 20.5 Å². The van der Waals surface area contributed by atoms with Crippen molar-refractivity contribution in [2.24, 2.45) is 5.92 Å². The Morgan fingerprint density at radius 2 is 1.81 bits per heavy atom. The van der Waals surface area contributed by atoms with Gasteiger partial charge in [-0.2, -0.15) is 0 Å². The number of unbranched alkanes of at least 4 members (excludes halogenated alkanes) is 3. The van der Waals surface area contributed by atoms with Gasteiger partial charge >= 0.3 is 0 Å². The summed E-state index contributed by atoms with van der Waals surface area (Å²) in [5.41, 5.74) is 4.55. The number of rotatable bonds is 9. The SMILES string of the molecule is CCCCCCNC(=O)[C@H](NC(=O)[C@H]1Cc2c([nH]c3ccccc23)[C@@H]2c3ccccc3C(=O)N21)C(C)C. The third-order valence-electron chi connectivity index (χ3n) is 7.73. The first kappa shape index (κ1) is 25.1. The standard InChI is InChI=1S/C30H36N4O3/c1-4-5-6-11-16-31-29(36)25(18(2)3)33-28(35)24-17-22-19-12-9-10-15-23(19)32-26(22)27-20-13-7-8-14-21(20)30(37)34(24)27/h7-10,12-15,18,24-25,27,32H,4-6,11,16-17H2,1-3H3,(H,31,36)(H,33,35)/t24-,25-,27+/m1/s1. The van der Waals surface area contributed by atoms with Gasteiger partial charge in [-0.15, -0.1) is 0 Å². The van der Waals surface area contributed by atoms with Crippen LogP contribution in [-0.2, 0) is 16.0 Å². The predicted molar refractivity (Wildman–Crippen MR) is 144 cm³/mol. The van der Waals surface area contributed by atoms with E-state index in [2.05, 4.69) is 28.6 Å². The van der Waals surface area contributed by atoms with Crippen molar-refractivity contribution in [3.63, 3.8) is 0 Å². The van der Waals surface area contributed by atoms with E-state index in [-0.39, 0.29) is 29.7 Å². The fourth-order valence-corrected chi connectivity index (χ4v) is 5.80. The smallest absolute Gasteiger partial charge is 0.255 e. The van der Waals surface area contributed by atoms with Gasteiger partial charge in [0.05, 0.1) is 6.04 Å². The van der Waals surface area contributed by atoms with E-state index in [0.717, 1.165) is 53.4 Å². The molecule has 0 bridgehead atoms. The van der Waals surface area contributed by atoms with Gasteiger partial charge in [0.15, 0.2) is 0 Å². The number of benzene rings is 2. The predicted octanol–water partition coefficient (Wildman–Crippen LogP) is 4.48. The molecule has 0 spiro atoms. The molecule has 2 aromatic carbocycles. The van der Waals surface area contributed by atoms with E-state index in [1.54, 1.807) is 4.90 Å². The average Bonchev–Trinajstić information content (AvgIpc) is 3.42. The molecule has 3 aromatic rings. The lowest BCUT2D eigenvalue weighted by atomic mass is 9.89. The second-order valence-corrected chi connectivity index (χ2v) is 10.6. The molecule has 3 amide bonds. The second kappa shape index (κ2) is 10.4. The normalized spacial score (nSPS) is 18.9. The number of carbonyl (C=O) groups excluding carboxylic acids is 3. The minimum absolute atomic E-state index is 0.0888. The summed E-state index contributed by atoms with van der Waals surface area (Å²) < 4.78 is 0. The summed E-state index contributed by atoms with van der Waals surface area (Å²) in [5, 5.41) is 7.08. The van der Waals surface area contributed by atoms with Gasteiger partial charge in [-0.05, 0) is 35.6 Å². The maximum atomic E-state index is 13.8. The van der Waals surface area contributed by atoms with Crippen LogP contribution in [0.2, 0.25) is 0 Å². The van der Waals surface area contributed by atoms with Crippen molar-refractivity contribution < 1.29 is 14.4 Å². The van der Waals surface area contributed by atoms with E-state index >= 15 is 0 Å². The van der Waals surface area contributed by atoms with E-state index in [9.17, 15) is 14.4 Å². The quantitative estimate of drug-likeness (QED) is 0.378. The number of aromatic amines is 1. The largest absolute Gasteiger partial charge is 0.356 e. The van der Waals surface area contributed by atoms with Crippen molar-refractivity contribution >= 4 is 28.6 Å². The number of carbonyl (C=O) groups is 3. The molecule has 2 aliphatic rings. The first-order valence-corrected chi connectivity index (χ1v) is 13.5. The van der Waals surface area contributed by atoms with Crippen LogP contribution in [-0.4, -0.2) is 46.2 Å². The average molecular weight is 501 g/mol. The molecule has 3 heterocycles. The molecule has 0 unspecified atom stereocenters. The Labute approximate surface area is 218 Å². The topological polar surface area (TPSA) is 94.3 Å². The zero-order chi connectivity index (χ0) is 26.1. The maximum absolute atomic E-state index is 13.8. The molecule has 3 atom stereocenters. The van der Waals surface area contributed by atoms with E-state index < -0.39 is 12.1 Å². The third-order valence-corrected chi connectivity index (χ3v) is 7.73. The second-order valence-electron chi connectivity index (χ2n) is 10.6. The summed E-state index contributed by atoms with van der Waals surface area (Å²) in [4.78, 5) is 45.7. The lowest BCUT2D eigenvalue weighted by Crippen LogP contribution is -2.57. The number of hydrogen-bond acceptors (Lipinski definition) is 3. The fourth-order valence-electron chi connectivity index (χ4n) is 5.80. The molecule has 2 aliphatic heterocycles. The zero-order valence-corrected chi connectivity index (χ0v) is 21.8. The van der Waals surface area contributed by atoms with Gasteiger partial charge < -0.3 is 20.5 Å². The molecule has 1 aromatic heterocycles. The number of nitrogens with one attached hydrogen (secondary N) is 3. The molecule has 3 N–H and O–H groups in total. The minimum Gasteiger partial charge on any atom is -0.356 e. The molecular weight excluding hydrogens is 464 g/mol. The third kappa shape index (κ3) is 4.52. The monoisotopic (exact) mass is 500 g/mol. The molecule has 0 saturated carbocycles. The first-order valence-electron chi connectivity index (χ1n) is 13.5. The summed E-state index contributed by atoms with van der Waals surface area (Å²) in [6, 6.07) is 13.9. The molecule has 0 aliphatic carbocycles. The lowest BCUT2D eigenvalue weighted by molar-refractivity contribution is -0.132. The van der Waals surface area contributed by atoms with Gasteiger partial charge in [0.1, 0.15) is 12.1 Å². The van der Waals surface area contributed by atoms with E-state index in [0.29, 0.717) is 18.5 Å². The van der Waals surface area contributed by atoms with E-state index in [4.69, 9.17) is 0 Å². The van der Waals surface area contributed by atoms with Crippen molar-refractivity contribution in [3.05, 3.63) is 70.9 Å². The van der Waals surface area contributed by atoms with Crippen molar-refractivity contribution in [1.29, 1.82) is 0 Å². The highest BCUT2D eigenvalue weighted by Gasteiger charge is 2.49. The van der Waals surface area contributed by atoms with Gasteiger partial charge in [0.2, 0.25) is 11.8 Å². The molecule has 194 valence electrons. The number of amides is 3. The summed E-state index contributed by atoms with van der Waals surface area (Å²) >= 11 is 0. The maximum Gasteiger partial charge on any atom is 0.255 e.